The maximum absolute atomic E-state index is 10.4. The fourth-order valence-corrected chi connectivity index (χ4v) is 8.66. The largest absolute Gasteiger partial charge is 0.392 e. The van der Waals surface area contributed by atoms with Gasteiger partial charge < -0.3 is 5.11 Å². The highest BCUT2D eigenvalue weighted by Crippen LogP contribution is 2.25. The van der Waals surface area contributed by atoms with Gasteiger partial charge in [-0.05, 0) is 148 Å². The van der Waals surface area contributed by atoms with Crippen molar-refractivity contribution in [2.75, 3.05) is 0 Å². The molecular formula is C83H126BrN3O7. The molecule has 0 atom stereocenters. The van der Waals surface area contributed by atoms with E-state index in [2.05, 4.69) is 243 Å². The molecule has 0 saturated carbocycles. The zero-order valence-electron chi connectivity index (χ0n) is 56.3. The lowest BCUT2D eigenvalue weighted by molar-refractivity contribution is -0.385. The number of halogens is 1. The molecule has 94 heavy (non-hydrogen) atoms. The van der Waals surface area contributed by atoms with Crippen LogP contribution >= 0.6 is 15.9 Å². The molecule has 0 amide bonds. The molecular weight excluding hydrogens is 1230 g/mol. The second-order valence-corrected chi connectivity index (χ2v) is 25.3. The topological polar surface area (TPSA) is 150 Å². The number of rotatable bonds is 12. The predicted molar refractivity (Wildman–Crippen MR) is 417 cm³/mol. The predicted octanol–water partition coefficient (Wildman–Crippen LogP) is 27.5. The van der Waals surface area contributed by atoms with Gasteiger partial charge in [-0.3, -0.25) is 30.3 Å². The number of nitro groups is 3. The first-order valence-corrected chi connectivity index (χ1v) is 31.5. The van der Waals surface area contributed by atoms with Gasteiger partial charge >= 0.3 is 0 Å². The Kier molecular flexibility index (Phi) is 53.7. The Morgan fingerprint density at radius 1 is 0.319 bits per heavy atom. The quantitative estimate of drug-likeness (QED) is 0.0945. The van der Waals surface area contributed by atoms with Crippen molar-refractivity contribution in [3.8, 4) is 0 Å². The molecule has 8 aromatic carbocycles. The smallest absolute Gasteiger partial charge is 0.269 e. The molecule has 0 aromatic heterocycles. The molecule has 10 nitrogen and oxygen atoms in total. The molecule has 522 valence electrons. The molecule has 8 rings (SSSR count). The fourth-order valence-electron chi connectivity index (χ4n) is 8.39. The molecule has 8 aromatic rings. The standard InChI is InChI=1S/C10H13NO2.C10H14O.3C10H14.C9H11Br.2C9H11NO2.6CH4/c1-7(2)10-5-4-9(11(12)13)6-8(10)3;1-8(2)10-5-3-9(7-11)4-6-10;2*1-8(2)10-6-4-9(3)5-7-10;1-8(2)10-7-5-4-6-9(10)3;1-7(2)8-3-5-9(10)6-4-8;1-7(2)8-3-5-9(6-4-8)10(11)12;1-7(2)8-4-3-5-9(6-8)10(11)12;;;;;;/h4-7H,1-3H3;3-6,8,11H,7H2,1-2H3;3*4-8H,1-3H3;3-7H,1-2H3;2*3-7H,1-2H3;6*1H4. The molecule has 0 aliphatic rings. The van der Waals surface area contributed by atoms with E-state index in [1.807, 2.05) is 45.0 Å². The van der Waals surface area contributed by atoms with Crippen molar-refractivity contribution in [1.82, 2.24) is 0 Å². The number of aryl methyl sites for hydroxylation is 4. The van der Waals surface area contributed by atoms with E-state index in [0.717, 1.165) is 26.7 Å². The van der Waals surface area contributed by atoms with Crippen molar-refractivity contribution in [1.29, 1.82) is 0 Å². The summed E-state index contributed by atoms with van der Waals surface area (Å²) in [5, 5.41) is 39.9. The number of benzene rings is 8. The van der Waals surface area contributed by atoms with Crippen LogP contribution in [0, 0.1) is 58.0 Å². The van der Waals surface area contributed by atoms with Crippen LogP contribution in [0.4, 0.5) is 17.1 Å². The molecule has 0 saturated heterocycles. The van der Waals surface area contributed by atoms with Gasteiger partial charge in [0.1, 0.15) is 0 Å². The molecule has 0 radical (unpaired) electrons. The second-order valence-electron chi connectivity index (χ2n) is 24.4. The molecule has 11 heteroatoms. The first-order chi connectivity index (χ1) is 41.3. The van der Waals surface area contributed by atoms with Crippen LogP contribution in [-0.4, -0.2) is 19.9 Å². The number of hydrogen-bond acceptors (Lipinski definition) is 7. The minimum absolute atomic E-state index is 0. The van der Waals surface area contributed by atoms with Gasteiger partial charge in [0.05, 0.1) is 21.4 Å². The third-order valence-corrected chi connectivity index (χ3v) is 14.8. The Morgan fingerprint density at radius 3 is 0.915 bits per heavy atom. The molecule has 0 bridgehead atoms. The maximum atomic E-state index is 10.4. The molecule has 0 fully saturated rings. The normalized spacial score (nSPS) is 9.72. The number of aliphatic hydroxyl groups excluding tert-OH is 1. The summed E-state index contributed by atoms with van der Waals surface area (Å²) in [6, 6.07) is 60.9. The zero-order chi connectivity index (χ0) is 66.8. The summed E-state index contributed by atoms with van der Waals surface area (Å²) in [6.07, 6.45) is 0. The van der Waals surface area contributed by atoms with Crippen molar-refractivity contribution in [3.05, 3.63) is 295 Å². The summed E-state index contributed by atoms with van der Waals surface area (Å²) in [5.74, 6) is 4.34. The van der Waals surface area contributed by atoms with Crippen LogP contribution in [0.3, 0.4) is 0 Å². The Labute approximate surface area is 581 Å². The van der Waals surface area contributed by atoms with Crippen LogP contribution in [0.1, 0.15) is 275 Å². The van der Waals surface area contributed by atoms with Gasteiger partial charge in [0.2, 0.25) is 0 Å². The van der Waals surface area contributed by atoms with Gasteiger partial charge in [-0.25, -0.2) is 0 Å². The van der Waals surface area contributed by atoms with Crippen molar-refractivity contribution >= 4 is 33.0 Å². The lowest BCUT2D eigenvalue weighted by Gasteiger charge is -2.08. The number of aliphatic hydroxyl groups is 1. The summed E-state index contributed by atoms with van der Waals surface area (Å²) in [5.41, 5.74) is 16.9. The SMILES string of the molecule is C.C.C.C.C.C.CC(C)c1ccc(Br)cc1.CC(C)c1ccc(CO)cc1.CC(C)c1ccc([N+](=O)[O-])cc1.CC(C)c1cccc([N+](=O)[O-])c1.Cc1cc([N+](=O)[O-])ccc1C(C)C.Cc1ccc(C(C)C)cc1.Cc1ccc(C(C)C)cc1.Cc1ccccc1C(C)C. The third-order valence-electron chi connectivity index (χ3n) is 14.3. The summed E-state index contributed by atoms with van der Waals surface area (Å²) >= 11 is 3.39. The summed E-state index contributed by atoms with van der Waals surface area (Å²) in [7, 11) is 0. The highest BCUT2D eigenvalue weighted by Gasteiger charge is 2.11. The number of nitro benzene ring substituents is 3. The third kappa shape index (κ3) is 39.2. The van der Waals surface area contributed by atoms with Crippen LogP contribution in [0.25, 0.3) is 0 Å². The summed E-state index contributed by atoms with van der Waals surface area (Å²) in [6.45, 7) is 42.7. The molecule has 0 aliphatic carbocycles. The minimum atomic E-state index is -0.385. The van der Waals surface area contributed by atoms with Crippen molar-refractivity contribution in [2.45, 2.75) is 237 Å². The van der Waals surface area contributed by atoms with E-state index in [1.54, 1.807) is 36.4 Å². The van der Waals surface area contributed by atoms with E-state index >= 15 is 0 Å². The van der Waals surface area contributed by atoms with E-state index < -0.39 is 0 Å². The van der Waals surface area contributed by atoms with Crippen molar-refractivity contribution in [2.24, 2.45) is 0 Å². The molecule has 0 aliphatic heterocycles. The average molecular weight is 1360 g/mol. The number of hydrogen-bond donors (Lipinski definition) is 1. The Bertz CT molecular complexity index is 3120. The van der Waals surface area contributed by atoms with Crippen molar-refractivity contribution < 1.29 is 19.9 Å². The van der Waals surface area contributed by atoms with Gasteiger partial charge in [-0.1, -0.05) is 322 Å². The molecule has 1 N–H and O–H groups in total. The van der Waals surface area contributed by atoms with Crippen LogP contribution in [0.15, 0.2) is 193 Å². The van der Waals surface area contributed by atoms with E-state index in [4.69, 9.17) is 5.11 Å². The monoisotopic (exact) mass is 1360 g/mol. The summed E-state index contributed by atoms with van der Waals surface area (Å²) in [4.78, 5) is 30.0. The van der Waals surface area contributed by atoms with Crippen LogP contribution in [0.5, 0.6) is 0 Å². The Balaban J connectivity index is -0.000000234. The van der Waals surface area contributed by atoms with Crippen LogP contribution in [-0.2, 0) is 6.61 Å². The highest BCUT2D eigenvalue weighted by molar-refractivity contribution is 9.10. The van der Waals surface area contributed by atoms with E-state index in [9.17, 15) is 30.3 Å². The van der Waals surface area contributed by atoms with Gasteiger partial charge in [0, 0.05) is 40.9 Å². The molecule has 0 unspecified atom stereocenters. The highest BCUT2D eigenvalue weighted by atomic mass is 79.9. The summed E-state index contributed by atoms with van der Waals surface area (Å²) < 4.78 is 1.15. The first-order valence-electron chi connectivity index (χ1n) is 30.7. The van der Waals surface area contributed by atoms with Crippen molar-refractivity contribution in [3.63, 3.8) is 0 Å². The van der Waals surface area contributed by atoms with Crippen LogP contribution in [0.2, 0.25) is 0 Å². The lowest BCUT2D eigenvalue weighted by Crippen LogP contribution is -1.94. The second kappa shape index (κ2) is 51.8. The van der Waals surface area contributed by atoms with Crippen LogP contribution < -0.4 is 0 Å². The van der Waals surface area contributed by atoms with Gasteiger partial charge in [-0.2, -0.15) is 0 Å². The van der Waals surface area contributed by atoms with Gasteiger partial charge in [0.15, 0.2) is 0 Å². The minimum Gasteiger partial charge on any atom is -0.392 e. The maximum Gasteiger partial charge on any atom is 0.269 e. The fraction of sp³-hybridized carbons (Fsp3) is 0.422. The Hall–Kier alpha value is -7.60. The zero-order valence-corrected chi connectivity index (χ0v) is 57.9. The molecule has 0 heterocycles. The molecule has 0 spiro atoms. The van der Waals surface area contributed by atoms with Gasteiger partial charge in [-0.15, -0.1) is 0 Å². The first kappa shape index (κ1) is 97.5. The van der Waals surface area contributed by atoms with E-state index in [1.165, 1.54) is 68.3 Å². The average Bonchev–Trinajstić information content (AvgIpc) is 0.954. The Morgan fingerprint density at radius 2 is 0.617 bits per heavy atom. The number of nitrogens with zero attached hydrogens (tertiary/aromatic N) is 3. The van der Waals surface area contributed by atoms with E-state index in [0.29, 0.717) is 47.3 Å². The number of non-ortho nitro benzene ring substituents is 3. The van der Waals surface area contributed by atoms with Gasteiger partial charge in [0.25, 0.3) is 17.1 Å². The van der Waals surface area contributed by atoms with E-state index in [-0.39, 0.29) is 83.0 Å². The lowest BCUT2D eigenvalue weighted by atomic mass is 9.98.